The molecule has 1 aliphatic rings. The first-order chi connectivity index (χ1) is 8.65. The number of likely N-dealkylation sites (N-methyl/N-ethyl adjacent to an activating group) is 1. The number of carbonyl (C=O) groups is 1. The number of hydrogen-bond donors (Lipinski definition) is 0. The average Bonchev–Trinajstić information content (AvgIpc) is 2.36. The Kier molecular flexibility index (Phi) is 4.39. The zero-order valence-electron chi connectivity index (χ0n) is 10.8. The van der Waals surface area contributed by atoms with Crippen LogP contribution in [0.2, 0.25) is 0 Å². The van der Waals surface area contributed by atoms with Crippen LogP contribution in [0, 0.1) is 0 Å². The molecule has 1 heterocycles. The van der Waals surface area contributed by atoms with Crippen LogP contribution in [0.15, 0.2) is 30.3 Å². The summed E-state index contributed by atoms with van der Waals surface area (Å²) in [5.74, 6) is -0.280. The minimum atomic E-state index is -0.470. The summed E-state index contributed by atoms with van der Waals surface area (Å²) in [6.45, 7) is 1.75. The number of carbonyl (C=O) groups excluding carboxylic acids is 1. The van der Waals surface area contributed by atoms with Crippen molar-refractivity contribution in [3.05, 3.63) is 35.9 Å². The van der Waals surface area contributed by atoms with E-state index >= 15 is 0 Å². The van der Waals surface area contributed by atoms with Gasteiger partial charge >= 0.3 is 5.97 Å². The third-order valence-corrected chi connectivity index (χ3v) is 2.93. The molecule has 0 saturated carbocycles. The van der Waals surface area contributed by atoms with Gasteiger partial charge in [0.2, 0.25) is 0 Å². The SMILES string of the molecule is BC1CN(C)CC(C(=O)OCc2ccccc2)O1. The molecule has 1 aliphatic heterocycles. The van der Waals surface area contributed by atoms with Crippen molar-refractivity contribution in [1.29, 1.82) is 0 Å². The van der Waals surface area contributed by atoms with Gasteiger partial charge in [-0.15, -0.1) is 0 Å². The van der Waals surface area contributed by atoms with Gasteiger partial charge in [-0.1, -0.05) is 30.3 Å². The van der Waals surface area contributed by atoms with Crippen LogP contribution in [0.3, 0.4) is 0 Å². The molecule has 0 radical (unpaired) electrons. The first kappa shape index (κ1) is 13.1. The van der Waals surface area contributed by atoms with Crippen LogP contribution in [0.25, 0.3) is 0 Å². The van der Waals surface area contributed by atoms with E-state index in [4.69, 9.17) is 9.47 Å². The van der Waals surface area contributed by atoms with Gasteiger partial charge < -0.3 is 14.4 Å². The molecule has 0 amide bonds. The average molecular weight is 247 g/mol. The minimum absolute atomic E-state index is 0.0676. The number of esters is 1. The van der Waals surface area contributed by atoms with E-state index in [0.717, 1.165) is 12.1 Å². The maximum absolute atomic E-state index is 11.9. The largest absolute Gasteiger partial charge is 0.459 e. The zero-order chi connectivity index (χ0) is 13.0. The van der Waals surface area contributed by atoms with Crippen molar-refractivity contribution in [3.63, 3.8) is 0 Å². The van der Waals surface area contributed by atoms with Crippen molar-refractivity contribution < 1.29 is 14.3 Å². The summed E-state index contributed by atoms with van der Waals surface area (Å²) in [5.41, 5.74) is 0.989. The van der Waals surface area contributed by atoms with E-state index in [2.05, 4.69) is 4.90 Å². The lowest BCUT2D eigenvalue weighted by molar-refractivity contribution is -0.165. The molecule has 1 saturated heterocycles. The fourth-order valence-corrected chi connectivity index (χ4v) is 2.11. The van der Waals surface area contributed by atoms with E-state index in [0.29, 0.717) is 13.2 Å². The number of hydrogen-bond acceptors (Lipinski definition) is 4. The van der Waals surface area contributed by atoms with Crippen molar-refractivity contribution in [2.45, 2.75) is 18.7 Å². The van der Waals surface area contributed by atoms with Gasteiger partial charge in [-0.25, -0.2) is 4.79 Å². The smallest absolute Gasteiger partial charge is 0.336 e. The van der Waals surface area contributed by atoms with Crippen molar-refractivity contribution in [2.24, 2.45) is 0 Å². The highest BCUT2D eigenvalue weighted by atomic mass is 16.6. The second kappa shape index (κ2) is 6.02. The number of rotatable bonds is 3. The van der Waals surface area contributed by atoms with Crippen LogP contribution in [0.5, 0.6) is 0 Å². The topological polar surface area (TPSA) is 38.8 Å². The lowest BCUT2D eigenvalue weighted by Gasteiger charge is -2.33. The summed E-state index contributed by atoms with van der Waals surface area (Å²) in [6.07, 6.45) is -0.470. The quantitative estimate of drug-likeness (QED) is 0.557. The number of nitrogens with zero attached hydrogens (tertiary/aromatic N) is 1. The Morgan fingerprint density at radius 1 is 1.44 bits per heavy atom. The second-order valence-electron chi connectivity index (χ2n) is 4.75. The normalized spacial score (nSPS) is 24.7. The summed E-state index contributed by atoms with van der Waals surface area (Å²) in [7, 11) is 3.95. The third kappa shape index (κ3) is 3.58. The molecule has 1 aromatic rings. The Bertz CT molecular complexity index is 388. The summed E-state index contributed by atoms with van der Waals surface area (Å²) in [5, 5.41) is 0. The predicted octanol–water partition coefficient (Wildman–Crippen LogP) is 0.0196. The van der Waals surface area contributed by atoms with Crippen molar-refractivity contribution in [2.75, 3.05) is 20.1 Å². The summed E-state index contributed by atoms with van der Waals surface area (Å²) < 4.78 is 10.9. The molecular weight excluding hydrogens is 229 g/mol. The van der Waals surface area contributed by atoms with Crippen LogP contribution < -0.4 is 0 Å². The van der Waals surface area contributed by atoms with E-state index in [9.17, 15) is 4.79 Å². The maximum Gasteiger partial charge on any atom is 0.336 e. The summed E-state index contributed by atoms with van der Waals surface area (Å²) in [4.78, 5) is 14.0. The standard InChI is InChI=1S/C13H18BNO3/c1-15-7-11(18-12(14)8-15)13(16)17-9-10-5-3-2-4-6-10/h2-6,11-12H,7-9,14H2,1H3. The summed E-state index contributed by atoms with van der Waals surface area (Å²) >= 11 is 0. The highest BCUT2D eigenvalue weighted by Gasteiger charge is 2.29. The third-order valence-electron chi connectivity index (χ3n) is 2.93. The molecule has 2 unspecified atom stereocenters. The number of ether oxygens (including phenoxy) is 2. The van der Waals surface area contributed by atoms with Gasteiger partial charge in [0.05, 0.1) is 0 Å². The molecule has 0 aromatic heterocycles. The Balaban J connectivity index is 1.84. The van der Waals surface area contributed by atoms with E-state index in [-0.39, 0.29) is 12.0 Å². The zero-order valence-corrected chi connectivity index (χ0v) is 10.8. The van der Waals surface area contributed by atoms with Gasteiger partial charge in [0, 0.05) is 19.1 Å². The Morgan fingerprint density at radius 2 is 2.17 bits per heavy atom. The molecule has 5 heteroatoms. The highest BCUT2D eigenvalue weighted by molar-refractivity contribution is 6.11. The van der Waals surface area contributed by atoms with Gasteiger partial charge in [0.25, 0.3) is 0 Å². The molecule has 0 aliphatic carbocycles. The van der Waals surface area contributed by atoms with Gasteiger partial charge in [0.1, 0.15) is 14.5 Å². The van der Waals surface area contributed by atoms with E-state index in [1.54, 1.807) is 0 Å². The van der Waals surface area contributed by atoms with Crippen LogP contribution >= 0.6 is 0 Å². The van der Waals surface area contributed by atoms with E-state index < -0.39 is 6.10 Å². The van der Waals surface area contributed by atoms with Gasteiger partial charge in [-0.05, 0) is 12.6 Å². The molecule has 96 valence electrons. The molecule has 2 atom stereocenters. The number of morpholine rings is 1. The second-order valence-corrected chi connectivity index (χ2v) is 4.75. The monoisotopic (exact) mass is 247 g/mol. The molecule has 0 bridgehead atoms. The Labute approximate surface area is 108 Å². The first-order valence-corrected chi connectivity index (χ1v) is 6.19. The highest BCUT2D eigenvalue weighted by Crippen LogP contribution is 2.10. The van der Waals surface area contributed by atoms with Crippen LogP contribution in [-0.2, 0) is 20.9 Å². The first-order valence-electron chi connectivity index (χ1n) is 6.19. The molecule has 4 nitrogen and oxygen atoms in total. The fraction of sp³-hybridized carbons (Fsp3) is 0.462. The molecular formula is C13H18BNO3. The molecule has 1 aromatic carbocycles. The van der Waals surface area contributed by atoms with Crippen LogP contribution in [0.4, 0.5) is 0 Å². The fourth-order valence-electron chi connectivity index (χ4n) is 2.11. The maximum atomic E-state index is 11.9. The molecule has 18 heavy (non-hydrogen) atoms. The van der Waals surface area contributed by atoms with Gasteiger partial charge in [-0.3, -0.25) is 0 Å². The minimum Gasteiger partial charge on any atom is -0.459 e. The molecule has 0 spiro atoms. The van der Waals surface area contributed by atoms with Crippen molar-refractivity contribution in [1.82, 2.24) is 4.90 Å². The van der Waals surface area contributed by atoms with Crippen LogP contribution in [-0.4, -0.2) is 51.0 Å². The van der Waals surface area contributed by atoms with Gasteiger partial charge in [0.15, 0.2) is 6.10 Å². The molecule has 0 N–H and O–H groups in total. The van der Waals surface area contributed by atoms with Gasteiger partial charge in [-0.2, -0.15) is 0 Å². The predicted molar refractivity (Wildman–Crippen MR) is 70.9 cm³/mol. The lowest BCUT2D eigenvalue weighted by atomic mass is 9.97. The lowest BCUT2D eigenvalue weighted by Crippen LogP contribution is -2.49. The Hall–Kier alpha value is -1.33. The molecule has 1 fully saturated rings. The molecule has 2 rings (SSSR count). The number of benzene rings is 1. The Morgan fingerprint density at radius 3 is 2.83 bits per heavy atom. The van der Waals surface area contributed by atoms with Crippen LogP contribution in [0.1, 0.15) is 5.56 Å². The van der Waals surface area contributed by atoms with E-state index in [1.807, 2.05) is 45.2 Å². The van der Waals surface area contributed by atoms with E-state index in [1.165, 1.54) is 0 Å². The van der Waals surface area contributed by atoms with Crippen molar-refractivity contribution >= 4 is 13.8 Å². The summed E-state index contributed by atoms with van der Waals surface area (Å²) in [6, 6.07) is 9.73. The van der Waals surface area contributed by atoms with Crippen molar-refractivity contribution in [3.8, 4) is 0 Å².